The lowest BCUT2D eigenvalue weighted by molar-refractivity contribution is 0.340. The Hall–Kier alpha value is -0.790. The van der Waals surface area contributed by atoms with E-state index < -0.39 is 6.01 Å². The van der Waals surface area contributed by atoms with Crippen LogP contribution < -0.4 is 0 Å². The van der Waals surface area contributed by atoms with Crippen molar-refractivity contribution in [1.82, 2.24) is 0 Å². The Balaban J connectivity index is 3.04. The van der Waals surface area contributed by atoms with Crippen molar-refractivity contribution < 1.29 is 8.81 Å². The van der Waals surface area contributed by atoms with Gasteiger partial charge in [0.25, 0.3) is 6.01 Å². The maximum Gasteiger partial charge on any atom is 0.278 e. The molecule has 80 valence electrons. The molecule has 1 atom stereocenters. The van der Waals surface area contributed by atoms with Gasteiger partial charge in [-0.05, 0) is 25.2 Å². The van der Waals surface area contributed by atoms with Crippen molar-refractivity contribution in [2.45, 2.75) is 52.4 Å². The summed E-state index contributed by atoms with van der Waals surface area (Å²) in [6, 6.07) is 1.07. The molecule has 0 N–H and O–H groups in total. The summed E-state index contributed by atoms with van der Waals surface area (Å²) < 4.78 is 17.9. The SMILES string of the molecule is CCCC(C)(CC)c1cc(F)oc1C. The minimum Gasteiger partial charge on any atom is -0.436 e. The fourth-order valence-electron chi connectivity index (χ4n) is 2.10. The van der Waals surface area contributed by atoms with E-state index in [9.17, 15) is 4.39 Å². The van der Waals surface area contributed by atoms with E-state index in [0.717, 1.165) is 30.6 Å². The highest BCUT2D eigenvalue weighted by Gasteiger charge is 2.28. The monoisotopic (exact) mass is 198 g/mol. The molecule has 1 rings (SSSR count). The molecule has 0 spiro atoms. The van der Waals surface area contributed by atoms with Crippen LogP contribution in [-0.4, -0.2) is 0 Å². The highest BCUT2D eigenvalue weighted by Crippen LogP contribution is 2.35. The van der Waals surface area contributed by atoms with Crippen LogP contribution in [0.5, 0.6) is 0 Å². The van der Waals surface area contributed by atoms with Gasteiger partial charge in [-0.2, -0.15) is 4.39 Å². The molecular formula is C12H19FO. The molecule has 2 heteroatoms. The fourth-order valence-corrected chi connectivity index (χ4v) is 2.10. The van der Waals surface area contributed by atoms with Gasteiger partial charge in [-0.1, -0.05) is 27.2 Å². The van der Waals surface area contributed by atoms with Crippen molar-refractivity contribution in [3.05, 3.63) is 23.4 Å². The van der Waals surface area contributed by atoms with Gasteiger partial charge in [0.05, 0.1) is 0 Å². The highest BCUT2D eigenvalue weighted by molar-refractivity contribution is 5.26. The van der Waals surface area contributed by atoms with Crippen molar-refractivity contribution in [1.29, 1.82) is 0 Å². The van der Waals surface area contributed by atoms with E-state index in [1.165, 1.54) is 6.07 Å². The second-order valence-corrected chi connectivity index (χ2v) is 4.18. The van der Waals surface area contributed by atoms with E-state index in [4.69, 9.17) is 4.42 Å². The third kappa shape index (κ3) is 1.99. The Morgan fingerprint density at radius 2 is 2.07 bits per heavy atom. The largest absolute Gasteiger partial charge is 0.436 e. The number of hydrogen-bond donors (Lipinski definition) is 0. The van der Waals surface area contributed by atoms with E-state index in [1.54, 1.807) is 0 Å². The average Bonchev–Trinajstić information content (AvgIpc) is 2.46. The summed E-state index contributed by atoms with van der Waals surface area (Å²) in [6.07, 6.45) is 3.19. The van der Waals surface area contributed by atoms with Crippen LogP contribution in [0.3, 0.4) is 0 Å². The topological polar surface area (TPSA) is 13.1 Å². The zero-order valence-corrected chi connectivity index (χ0v) is 9.48. The first kappa shape index (κ1) is 11.3. The molecule has 0 aliphatic carbocycles. The van der Waals surface area contributed by atoms with Gasteiger partial charge in [0, 0.05) is 11.6 Å². The van der Waals surface area contributed by atoms with Crippen molar-refractivity contribution >= 4 is 0 Å². The maximum atomic E-state index is 12.9. The third-order valence-electron chi connectivity index (χ3n) is 3.12. The van der Waals surface area contributed by atoms with Gasteiger partial charge in [0.15, 0.2) is 0 Å². The predicted octanol–water partition coefficient (Wildman–Crippen LogP) is 4.19. The Morgan fingerprint density at radius 1 is 1.43 bits per heavy atom. The molecule has 0 saturated carbocycles. The first-order valence-electron chi connectivity index (χ1n) is 5.30. The van der Waals surface area contributed by atoms with Crippen molar-refractivity contribution in [2.75, 3.05) is 0 Å². The van der Waals surface area contributed by atoms with Gasteiger partial charge >= 0.3 is 0 Å². The molecule has 0 aromatic carbocycles. The molecule has 1 aromatic rings. The van der Waals surface area contributed by atoms with Crippen molar-refractivity contribution in [2.24, 2.45) is 0 Å². The zero-order chi connectivity index (χ0) is 10.8. The van der Waals surface area contributed by atoms with Gasteiger partial charge in [0.1, 0.15) is 5.76 Å². The van der Waals surface area contributed by atoms with Crippen molar-refractivity contribution in [3.63, 3.8) is 0 Å². The predicted molar refractivity (Wildman–Crippen MR) is 56.0 cm³/mol. The van der Waals surface area contributed by atoms with E-state index in [-0.39, 0.29) is 5.41 Å². The van der Waals surface area contributed by atoms with Crippen LogP contribution in [0.4, 0.5) is 4.39 Å². The lowest BCUT2D eigenvalue weighted by Gasteiger charge is -2.27. The van der Waals surface area contributed by atoms with Crippen LogP contribution in [0.2, 0.25) is 0 Å². The van der Waals surface area contributed by atoms with Gasteiger partial charge in [-0.15, -0.1) is 0 Å². The number of halogens is 1. The van der Waals surface area contributed by atoms with Crippen LogP contribution in [0, 0.1) is 12.9 Å². The minimum atomic E-state index is -0.465. The summed E-state index contributed by atoms with van der Waals surface area (Å²) in [4.78, 5) is 0. The molecule has 1 nitrogen and oxygen atoms in total. The molecule has 1 aromatic heterocycles. The molecule has 0 fully saturated rings. The number of hydrogen-bond acceptors (Lipinski definition) is 1. The smallest absolute Gasteiger partial charge is 0.278 e. The van der Waals surface area contributed by atoms with Crippen LogP contribution in [0.1, 0.15) is 51.4 Å². The zero-order valence-electron chi connectivity index (χ0n) is 9.48. The summed E-state index contributed by atoms with van der Waals surface area (Å²) in [6.45, 7) is 8.30. The van der Waals surface area contributed by atoms with Crippen molar-refractivity contribution in [3.8, 4) is 0 Å². The first-order chi connectivity index (χ1) is 6.53. The molecular weight excluding hydrogens is 179 g/mol. The summed E-state index contributed by atoms with van der Waals surface area (Å²) in [5, 5.41) is 0. The summed E-state index contributed by atoms with van der Waals surface area (Å²) in [7, 11) is 0. The lowest BCUT2D eigenvalue weighted by atomic mass is 9.77. The van der Waals surface area contributed by atoms with E-state index in [0.29, 0.717) is 0 Å². The van der Waals surface area contributed by atoms with Crippen LogP contribution in [0.25, 0.3) is 0 Å². The van der Waals surface area contributed by atoms with Gasteiger partial charge in [0.2, 0.25) is 0 Å². The second-order valence-electron chi connectivity index (χ2n) is 4.18. The second kappa shape index (κ2) is 4.16. The molecule has 0 radical (unpaired) electrons. The standard InChI is InChI=1S/C12H19FO/c1-5-7-12(4,6-2)10-8-11(13)14-9(10)3/h8H,5-7H2,1-4H3. The summed E-state index contributed by atoms with van der Waals surface area (Å²) in [5.41, 5.74) is 1.09. The first-order valence-corrected chi connectivity index (χ1v) is 5.30. The van der Waals surface area contributed by atoms with Gasteiger partial charge in [-0.3, -0.25) is 0 Å². The average molecular weight is 198 g/mol. The van der Waals surface area contributed by atoms with E-state index in [1.807, 2.05) is 6.92 Å². The molecule has 0 bridgehead atoms. The maximum absolute atomic E-state index is 12.9. The molecule has 0 amide bonds. The van der Waals surface area contributed by atoms with Crippen LogP contribution in [-0.2, 0) is 5.41 Å². The Labute approximate surface area is 85.3 Å². The number of aryl methyl sites for hydroxylation is 1. The normalized spacial score (nSPS) is 15.5. The number of rotatable bonds is 4. The molecule has 0 aliphatic rings. The Morgan fingerprint density at radius 3 is 2.43 bits per heavy atom. The van der Waals surface area contributed by atoms with Crippen LogP contribution in [0.15, 0.2) is 10.5 Å². The van der Waals surface area contributed by atoms with Gasteiger partial charge < -0.3 is 4.42 Å². The molecule has 1 unspecified atom stereocenters. The number of furan rings is 1. The quantitative estimate of drug-likeness (QED) is 0.706. The molecule has 0 saturated heterocycles. The molecule has 1 heterocycles. The third-order valence-corrected chi connectivity index (χ3v) is 3.12. The van der Waals surface area contributed by atoms with Gasteiger partial charge in [-0.25, -0.2) is 0 Å². The summed E-state index contributed by atoms with van der Waals surface area (Å²) >= 11 is 0. The molecule has 14 heavy (non-hydrogen) atoms. The lowest BCUT2D eigenvalue weighted by Crippen LogP contribution is -2.20. The summed E-state index contributed by atoms with van der Waals surface area (Å²) in [5.74, 6) is 0.723. The van der Waals surface area contributed by atoms with Crippen LogP contribution >= 0.6 is 0 Å². The Kier molecular flexibility index (Phi) is 3.35. The van der Waals surface area contributed by atoms with E-state index >= 15 is 0 Å². The van der Waals surface area contributed by atoms with E-state index in [2.05, 4.69) is 20.8 Å². The molecule has 0 aliphatic heterocycles. The fraction of sp³-hybridized carbons (Fsp3) is 0.667. The Bertz CT molecular complexity index is 303. The minimum absolute atomic E-state index is 0.0622. The highest BCUT2D eigenvalue weighted by atomic mass is 19.1.